The van der Waals surface area contributed by atoms with Crippen LogP contribution in [0.25, 0.3) is 0 Å². The van der Waals surface area contributed by atoms with Crippen LogP contribution in [0.4, 0.5) is 10.1 Å². The fourth-order valence-corrected chi connectivity index (χ4v) is 2.05. The predicted molar refractivity (Wildman–Crippen MR) is 69.4 cm³/mol. The largest absolute Gasteiger partial charge is 0.378 e. The van der Waals surface area contributed by atoms with Crippen molar-refractivity contribution < 1.29 is 4.39 Å². The summed E-state index contributed by atoms with van der Waals surface area (Å²) in [5.41, 5.74) is 2.77. The van der Waals surface area contributed by atoms with Gasteiger partial charge in [0.25, 0.3) is 0 Å². The number of benzene rings is 1. The molecule has 0 atom stereocenters. The second-order valence-corrected chi connectivity index (χ2v) is 4.66. The summed E-state index contributed by atoms with van der Waals surface area (Å²) >= 11 is 3.24. The number of nitrogens with one attached hydrogen (secondary N) is 1. The predicted octanol–water partition coefficient (Wildman–Crippen LogP) is 3.24. The van der Waals surface area contributed by atoms with Gasteiger partial charge in [0.05, 0.1) is 15.9 Å². The van der Waals surface area contributed by atoms with Gasteiger partial charge in [0.2, 0.25) is 0 Å². The van der Waals surface area contributed by atoms with E-state index in [4.69, 9.17) is 0 Å². The van der Waals surface area contributed by atoms with Crippen LogP contribution in [0.3, 0.4) is 0 Å². The van der Waals surface area contributed by atoms with Crippen LogP contribution in [0.1, 0.15) is 11.3 Å². The van der Waals surface area contributed by atoms with Crippen molar-refractivity contribution in [1.82, 2.24) is 9.78 Å². The monoisotopic (exact) mass is 297 g/mol. The number of anilines is 1. The summed E-state index contributed by atoms with van der Waals surface area (Å²) in [6.45, 7) is 2.49. The summed E-state index contributed by atoms with van der Waals surface area (Å²) in [4.78, 5) is 0. The molecule has 0 unspecified atom stereocenters. The highest BCUT2D eigenvalue weighted by Crippen LogP contribution is 2.22. The minimum absolute atomic E-state index is 0.243. The zero-order valence-corrected chi connectivity index (χ0v) is 11.3. The quantitative estimate of drug-likeness (QED) is 0.942. The van der Waals surface area contributed by atoms with Crippen LogP contribution in [-0.4, -0.2) is 9.78 Å². The first-order valence-electron chi connectivity index (χ1n) is 5.25. The van der Waals surface area contributed by atoms with E-state index >= 15 is 0 Å². The summed E-state index contributed by atoms with van der Waals surface area (Å²) < 4.78 is 15.6. The molecule has 0 saturated heterocycles. The Kier molecular flexibility index (Phi) is 3.47. The third-order valence-corrected chi connectivity index (χ3v) is 3.40. The molecule has 0 aliphatic rings. The van der Waals surface area contributed by atoms with Crippen LogP contribution in [0, 0.1) is 12.7 Å². The Morgan fingerprint density at radius 3 is 2.88 bits per heavy atom. The molecule has 0 fully saturated rings. The van der Waals surface area contributed by atoms with Crippen molar-refractivity contribution in [2.45, 2.75) is 13.5 Å². The Bertz CT molecular complexity index is 537. The smallest absolute Gasteiger partial charge is 0.137 e. The SMILES string of the molecule is Cc1nn(C)cc1NCc1cccc(F)c1Br. The average Bonchev–Trinajstić information content (AvgIpc) is 2.60. The van der Waals surface area contributed by atoms with E-state index in [2.05, 4.69) is 26.3 Å². The Hall–Kier alpha value is -1.36. The molecular weight excluding hydrogens is 285 g/mol. The van der Waals surface area contributed by atoms with Crippen LogP contribution in [0.2, 0.25) is 0 Å². The fraction of sp³-hybridized carbons (Fsp3) is 0.250. The van der Waals surface area contributed by atoms with Crippen molar-refractivity contribution in [2.24, 2.45) is 7.05 Å². The van der Waals surface area contributed by atoms with Gasteiger partial charge in [-0.25, -0.2) is 4.39 Å². The Morgan fingerprint density at radius 1 is 1.47 bits per heavy atom. The first-order chi connectivity index (χ1) is 8.08. The highest BCUT2D eigenvalue weighted by Gasteiger charge is 2.06. The topological polar surface area (TPSA) is 29.9 Å². The molecule has 2 aromatic rings. The highest BCUT2D eigenvalue weighted by molar-refractivity contribution is 9.10. The van der Waals surface area contributed by atoms with Gasteiger partial charge in [-0.2, -0.15) is 5.10 Å². The first-order valence-corrected chi connectivity index (χ1v) is 6.04. The number of hydrogen-bond donors (Lipinski definition) is 1. The van der Waals surface area contributed by atoms with Crippen LogP contribution in [0.5, 0.6) is 0 Å². The molecule has 0 saturated carbocycles. The van der Waals surface area contributed by atoms with Crippen LogP contribution in [-0.2, 0) is 13.6 Å². The van der Waals surface area contributed by atoms with E-state index in [0.29, 0.717) is 11.0 Å². The zero-order chi connectivity index (χ0) is 12.4. The summed E-state index contributed by atoms with van der Waals surface area (Å²) in [6, 6.07) is 5.02. The summed E-state index contributed by atoms with van der Waals surface area (Å²) in [5.74, 6) is -0.243. The fourth-order valence-electron chi connectivity index (χ4n) is 1.65. The Morgan fingerprint density at radius 2 is 2.24 bits per heavy atom. The van der Waals surface area contributed by atoms with Gasteiger partial charge in [0, 0.05) is 19.8 Å². The number of rotatable bonds is 3. The maximum atomic E-state index is 13.3. The highest BCUT2D eigenvalue weighted by atomic mass is 79.9. The van der Waals surface area contributed by atoms with Crippen molar-refractivity contribution in [3.05, 3.63) is 45.9 Å². The van der Waals surface area contributed by atoms with E-state index in [1.807, 2.05) is 26.2 Å². The van der Waals surface area contributed by atoms with E-state index < -0.39 is 0 Å². The van der Waals surface area contributed by atoms with Gasteiger partial charge >= 0.3 is 0 Å². The molecule has 1 N–H and O–H groups in total. The number of halogens is 2. The minimum Gasteiger partial charge on any atom is -0.378 e. The van der Waals surface area contributed by atoms with Crippen LogP contribution in [0.15, 0.2) is 28.9 Å². The Balaban J connectivity index is 2.12. The lowest BCUT2D eigenvalue weighted by molar-refractivity contribution is 0.618. The molecule has 5 heteroatoms. The van der Waals surface area contributed by atoms with Gasteiger partial charge in [-0.3, -0.25) is 4.68 Å². The molecule has 0 radical (unpaired) electrons. The number of nitrogens with zero attached hydrogens (tertiary/aromatic N) is 2. The molecule has 0 bridgehead atoms. The molecule has 0 aliphatic heterocycles. The lowest BCUT2D eigenvalue weighted by Gasteiger charge is -2.07. The normalized spacial score (nSPS) is 10.6. The molecule has 1 heterocycles. The number of aryl methyl sites for hydroxylation is 2. The molecule has 0 amide bonds. The molecule has 90 valence electrons. The van der Waals surface area contributed by atoms with Gasteiger partial charge in [-0.05, 0) is 34.5 Å². The summed E-state index contributed by atoms with van der Waals surface area (Å²) in [6.07, 6.45) is 1.91. The van der Waals surface area contributed by atoms with E-state index in [-0.39, 0.29) is 5.82 Å². The van der Waals surface area contributed by atoms with Crippen molar-refractivity contribution in [1.29, 1.82) is 0 Å². The van der Waals surface area contributed by atoms with E-state index in [1.54, 1.807) is 10.7 Å². The van der Waals surface area contributed by atoms with Gasteiger partial charge in [0.1, 0.15) is 5.82 Å². The van der Waals surface area contributed by atoms with Crippen LogP contribution >= 0.6 is 15.9 Å². The van der Waals surface area contributed by atoms with E-state index in [9.17, 15) is 4.39 Å². The van der Waals surface area contributed by atoms with E-state index in [1.165, 1.54) is 6.07 Å². The van der Waals surface area contributed by atoms with Gasteiger partial charge in [-0.1, -0.05) is 12.1 Å². The molecule has 17 heavy (non-hydrogen) atoms. The maximum absolute atomic E-state index is 13.3. The van der Waals surface area contributed by atoms with Gasteiger partial charge < -0.3 is 5.32 Å². The van der Waals surface area contributed by atoms with Crippen molar-refractivity contribution in [2.75, 3.05) is 5.32 Å². The number of hydrogen-bond acceptors (Lipinski definition) is 2. The van der Waals surface area contributed by atoms with Crippen LogP contribution < -0.4 is 5.32 Å². The second kappa shape index (κ2) is 4.87. The molecule has 3 nitrogen and oxygen atoms in total. The summed E-state index contributed by atoms with van der Waals surface area (Å²) in [7, 11) is 1.87. The number of aromatic nitrogens is 2. The third-order valence-electron chi connectivity index (χ3n) is 2.51. The lowest BCUT2D eigenvalue weighted by atomic mass is 10.2. The molecule has 0 spiro atoms. The van der Waals surface area contributed by atoms with Crippen molar-refractivity contribution in [3.8, 4) is 0 Å². The minimum atomic E-state index is -0.243. The van der Waals surface area contributed by atoms with Gasteiger partial charge in [0.15, 0.2) is 0 Å². The summed E-state index contributed by atoms with van der Waals surface area (Å²) in [5, 5.41) is 7.47. The van der Waals surface area contributed by atoms with E-state index in [0.717, 1.165) is 16.9 Å². The molecule has 1 aromatic carbocycles. The average molecular weight is 298 g/mol. The standard InChI is InChI=1S/C12H13BrFN3/c1-8-11(7-17(2)16-8)15-6-9-4-3-5-10(14)12(9)13/h3-5,7,15H,6H2,1-2H3. The van der Waals surface area contributed by atoms with Gasteiger partial charge in [-0.15, -0.1) is 0 Å². The lowest BCUT2D eigenvalue weighted by Crippen LogP contribution is -2.01. The third kappa shape index (κ3) is 2.66. The molecule has 1 aromatic heterocycles. The molecule has 2 rings (SSSR count). The molecular formula is C12H13BrFN3. The second-order valence-electron chi connectivity index (χ2n) is 3.87. The Labute approximate surface area is 108 Å². The van der Waals surface area contributed by atoms with Crippen molar-refractivity contribution >= 4 is 21.6 Å². The van der Waals surface area contributed by atoms with Crippen molar-refractivity contribution in [3.63, 3.8) is 0 Å². The molecule has 0 aliphatic carbocycles. The maximum Gasteiger partial charge on any atom is 0.137 e. The zero-order valence-electron chi connectivity index (χ0n) is 9.67. The first kappa shape index (κ1) is 12.1.